The molecule has 0 aromatic rings. The second-order valence-corrected chi connectivity index (χ2v) is 6.78. The van der Waals surface area contributed by atoms with Crippen molar-refractivity contribution in [2.24, 2.45) is 11.3 Å². The van der Waals surface area contributed by atoms with Crippen LogP contribution in [0.1, 0.15) is 65.7 Å². The molecule has 0 heterocycles. The summed E-state index contributed by atoms with van der Waals surface area (Å²) < 4.78 is 5.98. The van der Waals surface area contributed by atoms with Crippen LogP contribution in [0.15, 0.2) is 0 Å². The van der Waals surface area contributed by atoms with Gasteiger partial charge in [0, 0.05) is 12.8 Å². The van der Waals surface area contributed by atoms with E-state index in [0.29, 0.717) is 5.41 Å². The quantitative estimate of drug-likeness (QED) is 0.730. The molecule has 2 rings (SSSR count). The van der Waals surface area contributed by atoms with Gasteiger partial charge in [0.05, 0.1) is 6.10 Å². The van der Waals surface area contributed by atoms with Gasteiger partial charge in [-0.25, -0.2) is 0 Å². The molecule has 2 nitrogen and oxygen atoms in total. The van der Waals surface area contributed by atoms with Crippen molar-refractivity contribution in [1.29, 1.82) is 0 Å². The molecule has 0 amide bonds. The van der Waals surface area contributed by atoms with Crippen molar-refractivity contribution in [3.63, 3.8) is 0 Å². The summed E-state index contributed by atoms with van der Waals surface area (Å²) in [6.45, 7) is 6.85. The van der Waals surface area contributed by atoms with Gasteiger partial charge in [0.15, 0.2) is 5.79 Å². The van der Waals surface area contributed by atoms with E-state index < -0.39 is 5.79 Å². The maximum atomic E-state index is 10.4. The van der Waals surface area contributed by atoms with E-state index in [-0.39, 0.29) is 6.10 Å². The van der Waals surface area contributed by atoms with Gasteiger partial charge in [-0.3, -0.25) is 0 Å². The van der Waals surface area contributed by atoms with Gasteiger partial charge < -0.3 is 9.84 Å². The van der Waals surface area contributed by atoms with Crippen molar-refractivity contribution >= 4 is 0 Å². The van der Waals surface area contributed by atoms with Crippen molar-refractivity contribution in [2.45, 2.75) is 77.6 Å². The van der Waals surface area contributed by atoms with Crippen molar-refractivity contribution in [2.75, 3.05) is 0 Å². The average Bonchev–Trinajstić information content (AvgIpc) is 2.51. The molecule has 0 radical (unpaired) electrons. The summed E-state index contributed by atoms with van der Waals surface area (Å²) in [5.41, 5.74) is 0.406. The summed E-state index contributed by atoms with van der Waals surface area (Å²) in [6, 6.07) is 0. The van der Waals surface area contributed by atoms with Gasteiger partial charge in [-0.05, 0) is 43.4 Å². The minimum Gasteiger partial charge on any atom is -0.365 e. The summed E-state index contributed by atoms with van der Waals surface area (Å²) in [4.78, 5) is 0. The maximum Gasteiger partial charge on any atom is 0.165 e. The third-order valence-corrected chi connectivity index (χ3v) is 4.36. The Bertz CT molecular complexity index is 239. The van der Waals surface area contributed by atoms with Crippen LogP contribution < -0.4 is 0 Å². The fraction of sp³-hybridized carbons (Fsp3) is 1.00. The van der Waals surface area contributed by atoms with E-state index in [2.05, 4.69) is 20.8 Å². The lowest BCUT2D eigenvalue weighted by Gasteiger charge is -2.37. The van der Waals surface area contributed by atoms with Gasteiger partial charge in [-0.15, -0.1) is 0 Å². The van der Waals surface area contributed by atoms with E-state index in [1.54, 1.807) is 0 Å². The summed E-state index contributed by atoms with van der Waals surface area (Å²) in [6.07, 6.45) is 7.59. The molecule has 0 aliphatic heterocycles. The fourth-order valence-corrected chi connectivity index (χ4v) is 3.11. The molecule has 0 aromatic heterocycles. The Morgan fingerprint density at radius 2 is 1.69 bits per heavy atom. The predicted molar refractivity (Wildman–Crippen MR) is 65.1 cm³/mol. The van der Waals surface area contributed by atoms with Crippen LogP contribution in [0.4, 0.5) is 0 Å². The highest BCUT2D eigenvalue weighted by Gasteiger charge is 2.39. The van der Waals surface area contributed by atoms with Gasteiger partial charge in [0.1, 0.15) is 0 Å². The maximum absolute atomic E-state index is 10.4. The summed E-state index contributed by atoms with van der Waals surface area (Å²) in [7, 11) is 0. The Kier molecular flexibility index (Phi) is 3.33. The van der Waals surface area contributed by atoms with E-state index in [4.69, 9.17) is 4.74 Å². The van der Waals surface area contributed by atoms with E-state index >= 15 is 0 Å². The smallest absolute Gasteiger partial charge is 0.165 e. The molecule has 0 spiro atoms. The van der Waals surface area contributed by atoms with Crippen LogP contribution in [-0.4, -0.2) is 17.0 Å². The fourth-order valence-electron chi connectivity index (χ4n) is 3.11. The summed E-state index contributed by atoms with van der Waals surface area (Å²) >= 11 is 0. The summed E-state index contributed by atoms with van der Waals surface area (Å²) in [5, 5.41) is 10.4. The molecule has 94 valence electrons. The zero-order chi connectivity index (χ0) is 11.8. The largest absolute Gasteiger partial charge is 0.365 e. The van der Waals surface area contributed by atoms with Gasteiger partial charge >= 0.3 is 0 Å². The van der Waals surface area contributed by atoms with E-state index in [1.807, 2.05) is 0 Å². The molecular weight excluding hydrogens is 200 g/mol. The van der Waals surface area contributed by atoms with Crippen LogP contribution in [0, 0.1) is 11.3 Å². The molecule has 1 unspecified atom stereocenters. The molecule has 16 heavy (non-hydrogen) atoms. The Balaban J connectivity index is 1.85. The highest BCUT2D eigenvalue weighted by molar-refractivity contribution is 4.85. The van der Waals surface area contributed by atoms with E-state index in [9.17, 15) is 5.11 Å². The molecular formula is C14H26O2. The van der Waals surface area contributed by atoms with Crippen molar-refractivity contribution in [3.05, 3.63) is 0 Å². The topological polar surface area (TPSA) is 29.5 Å². The second-order valence-electron chi connectivity index (χ2n) is 6.78. The van der Waals surface area contributed by atoms with Gasteiger partial charge in [-0.1, -0.05) is 20.8 Å². The van der Waals surface area contributed by atoms with Crippen molar-refractivity contribution in [3.8, 4) is 0 Å². The molecule has 1 N–H and O–H groups in total. The number of ether oxygens (including phenoxy) is 1. The Morgan fingerprint density at radius 1 is 1.06 bits per heavy atom. The minimum absolute atomic E-state index is 0.286. The first kappa shape index (κ1) is 12.4. The molecule has 1 atom stereocenters. The van der Waals surface area contributed by atoms with Crippen molar-refractivity contribution in [1.82, 2.24) is 0 Å². The van der Waals surface area contributed by atoms with Gasteiger partial charge in [0.25, 0.3) is 0 Å². The first-order chi connectivity index (χ1) is 7.39. The van der Waals surface area contributed by atoms with Crippen LogP contribution in [0.2, 0.25) is 0 Å². The lowest BCUT2D eigenvalue weighted by Crippen LogP contribution is -2.39. The van der Waals surface area contributed by atoms with Crippen LogP contribution in [-0.2, 0) is 4.74 Å². The van der Waals surface area contributed by atoms with Crippen molar-refractivity contribution < 1.29 is 9.84 Å². The standard InChI is InChI=1S/C14H26O2/c1-11-4-8-14(15,9-5-11)16-12-6-7-13(2,3)10-12/h11-12,15H,4-10H2,1-3H3. The number of rotatable bonds is 2. The molecule has 2 saturated carbocycles. The Labute approximate surface area is 99.4 Å². The third kappa shape index (κ3) is 2.98. The number of hydrogen-bond donors (Lipinski definition) is 1. The number of aliphatic hydroxyl groups is 1. The lowest BCUT2D eigenvalue weighted by molar-refractivity contribution is -0.247. The predicted octanol–water partition coefficient (Wildman–Crippen LogP) is 3.48. The minimum atomic E-state index is -0.808. The van der Waals surface area contributed by atoms with Crippen LogP contribution >= 0.6 is 0 Å². The Morgan fingerprint density at radius 3 is 2.19 bits per heavy atom. The molecule has 2 fully saturated rings. The highest BCUT2D eigenvalue weighted by Crippen LogP contribution is 2.42. The molecule has 2 heteroatoms. The molecule has 2 aliphatic rings. The molecule has 2 aliphatic carbocycles. The highest BCUT2D eigenvalue weighted by atomic mass is 16.6. The Hall–Kier alpha value is -0.0800. The van der Waals surface area contributed by atoms with Crippen LogP contribution in [0.25, 0.3) is 0 Å². The zero-order valence-corrected chi connectivity index (χ0v) is 11.0. The van der Waals surface area contributed by atoms with Crippen LogP contribution in [0.5, 0.6) is 0 Å². The summed E-state index contributed by atoms with van der Waals surface area (Å²) in [5.74, 6) is -0.0543. The van der Waals surface area contributed by atoms with Gasteiger partial charge in [-0.2, -0.15) is 0 Å². The average molecular weight is 226 g/mol. The normalized spacial score (nSPS) is 43.5. The number of hydrogen-bond acceptors (Lipinski definition) is 2. The molecule has 0 aromatic carbocycles. The lowest BCUT2D eigenvalue weighted by atomic mass is 9.86. The first-order valence-electron chi connectivity index (χ1n) is 6.79. The SMILES string of the molecule is CC1CCC(O)(OC2CCC(C)(C)C2)CC1. The van der Waals surface area contributed by atoms with E-state index in [0.717, 1.165) is 44.4 Å². The second kappa shape index (κ2) is 4.30. The van der Waals surface area contributed by atoms with Gasteiger partial charge in [0.2, 0.25) is 0 Å². The first-order valence-corrected chi connectivity index (χ1v) is 6.79. The van der Waals surface area contributed by atoms with E-state index in [1.165, 1.54) is 6.42 Å². The zero-order valence-electron chi connectivity index (χ0n) is 11.0. The molecule has 0 saturated heterocycles. The van der Waals surface area contributed by atoms with Crippen LogP contribution in [0.3, 0.4) is 0 Å². The third-order valence-electron chi connectivity index (χ3n) is 4.36. The molecule has 0 bridgehead atoms. The monoisotopic (exact) mass is 226 g/mol.